The maximum atomic E-state index is 11.5. The summed E-state index contributed by atoms with van der Waals surface area (Å²) in [5, 5.41) is 0. The molecule has 4 nitrogen and oxygen atoms in total. The van der Waals surface area contributed by atoms with Crippen LogP contribution in [0.4, 0.5) is 5.69 Å². The van der Waals surface area contributed by atoms with Gasteiger partial charge in [0.15, 0.2) is 0 Å². The molecule has 1 aromatic carbocycles. The molecule has 3 rings (SSSR count). The van der Waals surface area contributed by atoms with Crippen molar-refractivity contribution in [1.82, 2.24) is 0 Å². The van der Waals surface area contributed by atoms with Crippen molar-refractivity contribution in [2.24, 2.45) is 23.3 Å². The summed E-state index contributed by atoms with van der Waals surface area (Å²) in [6, 6.07) is 7.93. The van der Waals surface area contributed by atoms with Gasteiger partial charge in [-0.1, -0.05) is 18.6 Å². The molecule has 3 atom stereocenters. The van der Waals surface area contributed by atoms with Gasteiger partial charge in [-0.2, -0.15) is 0 Å². The average molecular weight is 259 g/mol. The Morgan fingerprint density at radius 3 is 2.74 bits per heavy atom. The third-order valence-electron chi connectivity index (χ3n) is 4.66. The van der Waals surface area contributed by atoms with Crippen molar-refractivity contribution in [2.45, 2.75) is 25.3 Å². The predicted molar refractivity (Wildman–Crippen MR) is 76.0 cm³/mol. The Hall–Kier alpha value is -1.55. The van der Waals surface area contributed by atoms with E-state index in [1.807, 2.05) is 18.2 Å². The Bertz CT molecular complexity index is 488. The van der Waals surface area contributed by atoms with Gasteiger partial charge in [-0.3, -0.25) is 4.79 Å². The minimum Gasteiger partial charge on any atom is -0.370 e. The van der Waals surface area contributed by atoms with E-state index < -0.39 is 0 Å². The monoisotopic (exact) mass is 259 g/mol. The first-order chi connectivity index (χ1) is 9.16. The largest absolute Gasteiger partial charge is 0.370 e. The molecule has 102 valence electrons. The van der Waals surface area contributed by atoms with Crippen LogP contribution in [0.1, 0.15) is 29.6 Å². The van der Waals surface area contributed by atoms with Gasteiger partial charge < -0.3 is 16.4 Å². The molecule has 4 heteroatoms. The van der Waals surface area contributed by atoms with Crippen LogP contribution in [0.15, 0.2) is 24.3 Å². The third-order valence-corrected chi connectivity index (χ3v) is 4.66. The maximum absolute atomic E-state index is 11.5. The number of fused-ring (bicyclic) bond motifs is 1. The lowest BCUT2D eigenvalue weighted by molar-refractivity contribution is 0.100. The summed E-state index contributed by atoms with van der Waals surface area (Å²) < 4.78 is 0. The number of hydrogen-bond donors (Lipinski definition) is 2. The molecular formula is C15H21N3O. The van der Waals surface area contributed by atoms with Crippen molar-refractivity contribution in [3.8, 4) is 0 Å². The normalized spacial score (nSPS) is 30.2. The second kappa shape index (κ2) is 4.85. The van der Waals surface area contributed by atoms with Crippen molar-refractivity contribution in [3.63, 3.8) is 0 Å². The summed E-state index contributed by atoms with van der Waals surface area (Å²) in [6.07, 6.45) is 3.62. The van der Waals surface area contributed by atoms with Crippen molar-refractivity contribution >= 4 is 11.6 Å². The lowest BCUT2D eigenvalue weighted by Gasteiger charge is -2.29. The fourth-order valence-corrected chi connectivity index (χ4v) is 3.67. The van der Waals surface area contributed by atoms with E-state index >= 15 is 0 Å². The summed E-state index contributed by atoms with van der Waals surface area (Å²) >= 11 is 0. The van der Waals surface area contributed by atoms with Gasteiger partial charge in [0.05, 0.1) is 5.56 Å². The molecule has 1 amide bonds. The number of amides is 1. The van der Waals surface area contributed by atoms with Crippen LogP contribution in [0, 0.1) is 11.8 Å². The molecule has 3 unspecified atom stereocenters. The number of primary amides is 1. The van der Waals surface area contributed by atoms with Crippen LogP contribution in [-0.4, -0.2) is 25.0 Å². The standard InChI is InChI=1S/C15H21N3O/c16-13-6-3-4-10-8-18(9-12(10)13)14-7-2-1-5-11(14)15(17)19/h1-2,5,7,10,12-13H,3-4,6,8-9,16H2,(H2,17,19). The molecule has 1 aliphatic carbocycles. The average Bonchev–Trinajstić information content (AvgIpc) is 2.84. The molecule has 0 bridgehead atoms. The van der Waals surface area contributed by atoms with Gasteiger partial charge in [0.25, 0.3) is 5.91 Å². The molecule has 1 saturated carbocycles. The van der Waals surface area contributed by atoms with Gasteiger partial charge in [0.2, 0.25) is 0 Å². The SMILES string of the molecule is NC(=O)c1ccccc1N1CC2CCCC(N)C2C1. The Morgan fingerprint density at radius 2 is 2.00 bits per heavy atom. The number of nitrogens with two attached hydrogens (primary N) is 2. The van der Waals surface area contributed by atoms with Gasteiger partial charge in [0, 0.05) is 24.8 Å². The van der Waals surface area contributed by atoms with Crippen LogP contribution >= 0.6 is 0 Å². The zero-order valence-electron chi connectivity index (χ0n) is 11.1. The van der Waals surface area contributed by atoms with E-state index in [4.69, 9.17) is 11.5 Å². The second-order valence-corrected chi connectivity index (χ2v) is 5.81. The van der Waals surface area contributed by atoms with E-state index in [-0.39, 0.29) is 5.91 Å². The number of para-hydroxylation sites is 1. The van der Waals surface area contributed by atoms with Crippen LogP contribution < -0.4 is 16.4 Å². The lowest BCUT2D eigenvalue weighted by atomic mass is 9.78. The van der Waals surface area contributed by atoms with Crippen molar-refractivity contribution in [1.29, 1.82) is 0 Å². The molecule has 4 N–H and O–H groups in total. The number of hydrogen-bond acceptors (Lipinski definition) is 3. The summed E-state index contributed by atoms with van der Waals surface area (Å²) in [5.74, 6) is 0.883. The number of nitrogens with zero attached hydrogens (tertiary/aromatic N) is 1. The fourth-order valence-electron chi connectivity index (χ4n) is 3.67. The number of carbonyl (C=O) groups is 1. The first-order valence-corrected chi connectivity index (χ1v) is 7.06. The smallest absolute Gasteiger partial charge is 0.250 e. The number of benzene rings is 1. The quantitative estimate of drug-likeness (QED) is 0.842. The van der Waals surface area contributed by atoms with Crippen LogP contribution in [0.25, 0.3) is 0 Å². The van der Waals surface area contributed by atoms with Crippen molar-refractivity contribution < 1.29 is 4.79 Å². The first-order valence-electron chi connectivity index (χ1n) is 7.06. The number of rotatable bonds is 2. The number of carbonyl (C=O) groups excluding carboxylic acids is 1. The zero-order chi connectivity index (χ0) is 13.4. The van der Waals surface area contributed by atoms with Gasteiger partial charge in [-0.25, -0.2) is 0 Å². The summed E-state index contributed by atoms with van der Waals surface area (Å²) in [4.78, 5) is 13.8. The Morgan fingerprint density at radius 1 is 1.21 bits per heavy atom. The Kier molecular flexibility index (Phi) is 3.19. The molecule has 2 aliphatic rings. The molecule has 2 fully saturated rings. The lowest BCUT2D eigenvalue weighted by Crippen LogP contribution is -2.38. The summed E-state index contributed by atoms with van der Waals surface area (Å²) in [6.45, 7) is 1.96. The summed E-state index contributed by atoms with van der Waals surface area (Å²) in [5.41, 5.74) is 13.3. The molecule has 0 radical (unpaired) electrons. The van der Waals surface area contributed by atoms with E-state index in [9.17, 15) is 4.79 Å². The highest BCUT2D eigenvalue weighted by Gasteiger charge is 2.39. The minimum absolute atomic E-state index is 0.310. The van der Waals surface area contributed by atoms with Crippen LogP contribution in [0.2, 0.25) is 0 Å². The molecule has 19 heavy (non-hydrogen) atoms. The molecule has 1 aromatic rings. The highest BCUT2D eigenvalue weighted by atomic mass is 16.1. The van der Waals surface area contributed by atoms with Gasteiger partial charge in [0.1, 0.15) is 0 Å². The highest BCUT2D eigenvalue weighted by Crippen LogP contribution is 2.38. The highest BCUT2D eigenvalue weighted by molar-refractivity contribution is 5.98. The zero-order valence-corrected chi connectivity index (χ0v) is 11.1. The van der Waals surface area contributed by atoms with Gasteiger partial charge in [-0.15, -0.1) is 0 Å². The fraction of sp³-hybridized carbons (Fsp3) is 0.533. The molecule has 1 aliphatic heterocycles. The number of anilines is 1. The second-order valence-electron chi connectivity index (χ2n) is 5.81. The van der Waals surface area contributed by atoms with E-state index in [0.29, 0.717) is 23.4 Å². The van der Waals surface area contributed by atoms with Gasteiger partial charge in [-0.05, 0) is 36.8 Å². The van der Waals surface area contributed by atoms with Crippen LogP contribution in [0.5, 0.6) is 0 Å². The van der Waals surface area contributed by atoms with Crippen molar-refractivity contribution in [2.75, 3.05) is 18.0 Å². The van der Waals surface area contributed by atoms with E-state index in [2.05, 4.69) is 4.90 Å². The van der Waals surface area contributed by atoms with Crippen molar-refractivity contribution in [3.05, 3.63) is 29.8 Å². The predicted octanol–water partition coefficient (Wildman–Crippen LogP) is 1.35. The minimum atomic E-state index is -0.352. The van der Waals surface area contributed by atoms with E-state index in [1.165, 1.54) is 12.8 Å². The molecule has 1 saturated heterocycles. The van der Waals surface area contributed by atoms with E-state index in [0.717, 1.165) is 25.2 Å². The van der Waals surface area contributed by atoms with Crippen LogP contribution in [0.3, 0.4) is 0 Å². The molecule has 0 aromatic heterocycles. The Balaban J connectivity index is 1.86. The molecular weight excluding hydrogens is 238 g/mol. The molecule has 0 spiro atoms. The third kappa shape index (κ3) is 2.21. The van der Waals surface area contributed by atoms with Crippen LogP contribution in [-0.2, 0) is 0 Å². The summed E-state index contributed by atoms with van der Waals surface area (Å²) in [7, 11) is 0. The Labute approximate surface area is 113 Å². The maximum Gasteiger partial charge on any atom is 0.250 e. The molecule has 1 heterocycles. The topological polar surface area (TPSA) is 72.4 Å². The van der Waals surface area contributed by atoms with E-state index in [1.54, 1.807) is 6.07 Å². The van der Waals surface area contributed by atoms with Gasteiger partial charge >= 0.3 is 0 Å². The first kappa shape index (κ1) is 12.5.